The molecule has 1 aromatic rings. The Hall–Kier alpha value is -1.16. The van der Waals surface area contributed by atoms with Gasteiger partial charge in [-0.1, -0.05) is 24.9 Å². The average Bonchev–Trinajstić information content (AvgIpc) is 2.26. The van der Waals surface area contributed by atoms with Gasteiger partial charge in [0.25, 0.3) is 5.91 Å². The Bertz CT molecular complexity index is 446. The Morgan fingerprint density at radius 2 is 2.35 bits per heavy atom. The van der Waals surface area contributed by atoms with E-state index in [9.17, 15) is 9.18 Å². The zero-order valence-electron chi connectivity index (χ0n) is 9.59. The quantitative estimate of drug-likeness (QED) is 0.845. The maximum atomic E-state index is 13.0. The van der Waals surface area contributed by atoms with Crippen molar-refractivity contribution in [3.05, 3.63) is 28.8 Å². The number of nitrogens with zero attached hydrogens (tertiary/aromatic N) is 1. The van der Waals surface area contributed by atoms with E-state index in [1.807, 2.05) is 0 Å². The zero-order valence-corrected chi connectivity index (χ0v) is 10.4. The van der Waals surface area contributed by atoms with Gasteiger partial charge in [-0.2, -0.15) is 0 Å². The highest BCUT2D eigenvalue weighted by atomic mass is 35.5. The summed E-state index contributed by atoms with van der Waals surface area (Å²) in [6, 6.07) is 1.10. The number of carbonyl (C=O) groups is 1. The van der Waals surface area contributed by atoms with Crippen molar-refractivity contribution in [2.24, 2.45) is 5.41 Å². The molecule has 1 N–H and O–H groups in total. The third-order valence-electron chi connectivity index (χ3n) is 3.29. The van der Waals surface area contributed by atoms with Crippen molar-refractivity contribution in [2.75, 3.05) is 6.54 Å². The first kappa shape index (κ1) is 12.3. The lowest BCUT2D eigenvalue weighted by molar-refractivity contribution is 0.0890. The van der Waals surface area contributed by atoms with Gasteiger partial charge in [0.05, 0.1) is 11.8 Å². The molecule has 0 aromatic carbocycles. The molecule has 92 valence electrons. The predicted molar refractivity (Wildman–Crippen MR) is 63.5 cm³/mol. The topological polar surface area (TPSA) is 42.0 Å². The molecule has 0 aliphatic heterocycles. The van der Waals surface area contributed by atoms with Crippen LogP contribution in [0.3, 0.4) is 0 Å². The molecule has 1 fully saturated rings. The summed E-state index contributed by atoms with van der Waals surface area (Å²) in [6.45, 7) is 2.72. The van der Waals surface area contributed by atoms with E-state index in [1.165, 1.54) is 6.42 Å². The smallest absolute Gasteiger partial charge is 0.254 e. The molecular formula is C12H14ClFN2O. The molecular weight excluding hydrogens is 243 g/mol. The summed E-state index contributed by atoms with van der Waals surface area (Å²) in [6.07, 6.45) is 4.42. The predicted octanol–water partition coefficient (Wildman–Crippen LogP) is 2.79. The van der Waals surface area contributed by atoms with E-state index >= 15 is 0 Å². The molecule has 1 aromatic heterocycles. The Morgan fingerprint density at radius 3 is 2.94 bits per heavy atom. The molecule has 1 amide bonds. The summed E-state index contributed by atoms with van der Waals surface area (Å²) in [7, 11) is 0. The molecule has 0 spiro atoms. The van der Waals surface area contributed by atoms with Gasteiger partial charge in [0.15, 0.2) is 0 Å². The van der Waals surface area contributed by atoms with Crippen molar-refractivity contribution in [3.63, 3.8) is 0 Å². The van der Waals surface area contributed by atoms with Crippen LogP contribution in [0.4, 0.5) is 4.39 Å². The maximum Gasteiger partial charge on any atom is 0.254 e. The minimum absolute atomic E-state index is 0.0302. The van der Waals surface area contributed by atoms with E-state index in [1.54, 1.807) is 0 Å². The lowest BCUT2D eigenvalue weighted by atomic mass is 9.70. The lowest BCUT2D eigenvalue weighted by Gasteiger charge is -2.38. The SMILES string of the molecule is CC1(CNC(=O)c2cc(F)cnc2Cl)CCC1. The molecule has 0 radical (unpaired) electrons. The molecule has 17 heavy (non-hydrogen) atoms. The fourth-order valence-corrected chi connectivity index (χ4v) is 2.12. The number of rotatable bonds is 3. The van der Waals surface area contributed by atoms with E-state index < -0.39 is 5.82 Å². The second kappa shape index (κ2) is 4.61. The molecule has 1 aliphatic rings. The van der Waals surface area contributed by atoms with Crippen LogP contribution in [0.25, 0.3) is 0 Å². The molecule has 0 saturated heterocycles. The van der Waals surface area contributed by atoms with Gasteiger partial charge >= 0.3 is 0 Å². The Balaban J connectivity index is 2.01. The van der Waals surface area contributed by atoms with Crippen LogP contribution in [-0.2, 0) is 0 Å². The second-order valence-corrected chi connectivity index (χ2v) is 5.20. The molecule has 0 unspecified atom stereocenters. The number of amides is 1. The highest BCUT2D eigenvalue weighted by Gasteiger charge is 2.32. The summed E-state index contributed by atoms with van der Waals surface area (Å²) in [5.74, 6) is -0.926. The molecule has 2 rings (SSSR count). The van der Waals surface area contributed by atoms with Gasteiger partial charge in [0.1, 0.15) is 11.0 Å². The van der Waals surface area contributed by atoms with Crippen LogP contribution in [-0.4, -0.2) is 17.4 Å². The first-order valence-electron chi connectivity index (χ1n) is 5.59. The average molecular weight is 257 g/mol. The standard InChI is InChI=1S/C12H14ClFN2O/c1-12(3-2-4-12)7-16-11(17)9-5-8(14)6-15-10(9)13/h5-6H,2-4,7H2,1H3,(H,16,17). The first-order valence-corrected chi connectivity index (χ1v) is 5.97. The molecule has 5 heteroatoms. The van der Waals surface area contributed by atoms with Crippen molar-refractivity contribution in [2.45, 2.75) is 26.2 Å². The van der Waals surface area contributed by atoms with Crippen molar-refractivity contribution in [1.82, 2.24) is 10.3 Å². The van der Waals surface area contributed by atoms with Gasteiger partial charge in [0, 0.05) is 6.54 Å². The van der Waals surface area contributed by atoms with Crippen molar-refractivity contribution in [3.8, 4) is 0 Å². The fraction of sp³-hybridized carbons (Fsp3) is 0.500. The highest BCUT2D eigenvalue weighted by Crippen LogP contribution is 2.39. The van der Waals surface area contributed by atoms with Crippen molar-refractivity contribution < 1.29 is 9.18 Å². The Kier molecular flexibility index (Phi) is 3.33. The highest BCUT2D eigenvalue weighted by molar-refractivity contribution is 6.32. The third kappa shape index (κ3) is 2.75. The van der Waals surface area contributed by atoms with Gasteiger partial charge in [-0.05, 0) is 24.3 Å². The van der Waals surface area contributed by atoms with Crippen LogP contribution in [0, 0.1) is 11.2 Å². The van der Waals surface area contributed by atoms with Crippen LogP contribution in [0.1, 0.15) is 36.5 Å². The van der Waals surface area contributed by atoms with Crippen molar-refractivity contribution >= 4 is 17.5 Å². The number of pyridine rings is 1. The van der Waals surface area contributed by atoms with Gasteiger partial charge in [0.2, 0.25) is 0 Å². The Labute approximate surface area is 104 Å². The number of aromatic nitrogens is 1. The van der Waals surface area contributed by atoms with Gasteiger partial charge in [-0.3, -0.25) is 4.79 Å². The van der Waals surface area contributed by atoms with E-state index in [0.29, 0.717) is 6.54 Å². The van der Waals surface area contributed by atoms with E-state index in [0.717, 1.165) is 25.1 Å². The Morgan fingerprint density at radius 1 is 1.65 bits per heavy atom. The summed E-state index contributed by atoms with van der Waals surface area (Å²) < 4.78 is 13.0. The summed E-state index contributed by atoms with van der Waals surface area (Å²) in [5.41, 5.74) is 0.276. The molecule has 1 heterocycles. The molecule has 1 saturated carbocycles. The van der Waals surface area contributed by atoms with Crippen molar-refractivity contribution in [1.29, 1.82) is 0 Å². The summed E-state index contributed by atoms with van der Waals surface area (Å²) >= 11 is 5.75. The molecule has 3 nitrogen and oxygen atoms in total. The summed E-state index contributed by atoms with van der Waals surface area (Å²) in [4.78, 5) is 15.4. The van der Waals surface area contributed by atoms with E-state index in [-0.39, 0.29) is 22.0 Å². The minimum Gasteiger partial charge on any atom is -0.351 e. The van der Waals surface area contributed by atoms with Gasteiger partial charge in [-0.15, -0.1) is 0 Å². The van der Waals surface area contributed by atoms with E-state index in [4.69, 9.17) is 11.6 Å². The van der Waals surface area contributed by atoms with Crippen LogP contribution >= 0.6 is 11.6 Å². The minimum atomic E-state index is -0.561. The largest absolute Gasteiger partial charge is 0.351 e. The number of hydrogen-bond acceptors (Lipinski definition) is 2. The number of nitrogens with one attached hydrogen (secondary N) is 1. The zero-order chi connectivity index (χ0) is 12.5. The molecule has 0 atom stereocenters. The fourth-order valence-electron chi connectivity index (χ4n) is 1.93. The number of hydrogen-bond donors (Lipinski definition) is 1. The second-order valence-electron chi connectivity index (χ2n) is 4.84. The molecule has 1 aliphatic carbocycles. The van der Waals surface area contributed by atoms with Crippen LogP contribution in [0.5, 0.6) is 0 Å². The third-order valence-corrected chi connectivity index (χ3v) is 3.59. The van der Waals surface area contributed by atoms with Crippen LogP contribution in [0.2, 0.25) is 5.15 Å². The first-order chi connectivity index (χ1) is 8.00. The number of halogens is 2. The van der Waals surface area contributed by atoms with Crippen LogP contribution in [0.15, 0.2) is 12.3 Å². The normalized spacial score (nSPS) is 17.4. The lowest BCUT2D eigenvalue weighted by Crippen LogP contribution is -2.40. The number of carbonyl (C=O) groups excluding carboxylic acids is 1. The monoisotopic (exact) mass is 256 g/mol. The summed E-state index contributed by atoms with van der Waals surface area (Å²) in [5, 5.41) is 2.81. The maximum absolute atomic E-state index is 13.0. The van der Waals surface area contributed by atoms with Gasteiger partial charge in [-0.25, -0.2) is 9.37 Å². The van der Waals surface area contributed by atoms with Gasteiger partial charge < -0.3 is 5.32 Å². The van der Waals surface area contributed by atoms with E-state index in [2.05, 4.69) is 17.2 Å². The van der Waals surface area contributed by atoms with Crippen LogP contribution < -0.4 is 5.32 Å². The molecule has 0 bridgehead atoms.